The Morgan fingerprint density at radius 1 is 1.13 bits per heavy atom. The number of fused-ring (bicyclic) bond motifs is 1. The van der Waals surface area contributed by atoms with Gasteiger partial charge in [0.15, 0.2) is 5.69 Å². The van der Waals surface area contributed by atoms with Crippen LogP contribution in [0.5, 0.6) is 0 Å². The van der Waals surface area contributed by atoms with E-state index in [0.717, 1.165) is 36.2 Å². The number of amides is 2. The highest BCUT2D eigenvalue weighted by Crippen LogP contribution is 2.27. The number of hydrogen-bond donors (Lipinski definition) is 2. The van der Waals surface area contributed by atoms with Gasteiger partial charge in [0.05, 0.1) is 5.69 Å². The molecule has 0 bridgehead atoms. The number of para-hydroxylation sites is 1. The Morgan fingerprint density at radius 3 is 2.61 bits per heavy atom. The van der Waals surface area contributed by atoms with Crippen LogP contribution in [0.25, 0.3) is 5.69 Å². The quantitative estimate of drug-likeness (QED) is 0.815. The van der Waals surface area contributed by atoms with Crippen molar-refractivity contribution < 1.29 is 9.59 Å². The molecule has 0 fully saturated rings. The molecular weight excluding hydrogens is 292 g/mol. The van der Waals surface area contributed by atoms with Gasteiger partial charge in [-0.2, -0.15) is 5.10 Å². The van der Waals surface area contributed by atoms with Gasteiger partial charge in [0.1, 0.15) is 0 Å². The topological polar surface area (TPSA) is 76.0 Å². The molecule has 2 aromatic rings. The second kappa shape index (κ2) is 6.64. The molecule has 1 aliphatic carbocycles. The molecule has 3 rings (SSSR count). The summed E-state index contributed by atoms with van der Waals surface area (Å²) in [5.74, 6) is -0.281. The summed E-state index contributed by atoms with van der Waals surface area (Å²) in [6.45, 7) is 2.27. The maximum Gasteiger partial charge on any atom is 0.272 e. The normalized spacial score (nSPS) is 12.7. The van der Waals surface area contributed by atoms with Crippen molar-refractivity contribution in [1.82, 2.24) is 20.4 Å². The van der Waals surface area contributed by atoms with E-state index in [9.17, 15) is 9.59 Å². The molecule has 0 spiro atoms. The number of nitrogens with zero attached hydrogens (tertiary/aromatic N) is 2. The van der Waals surface area contributed by atoms with E-state index >= 15 is 0 Å². The van der Waals surface area contributed by atoms with Crippen LogP contribution in [0.4, 0.5) is 0 Å². The predicted octanol–water partition coefficient (Wildman–Crippen LogP) is 1.23. The van der Waals surface area contributed by atoms with Crippen molar-refractivity contribution in [2.45, 2.75) is 26.2 Å². The van der Waals surface area contributed by atoms with Crippen molar-refractivity contribution >= 4 is 11.8 Å². The third-order valence-electron chi connectivity index (χ3n) is 3.93. The highest BCUT2D eigenvalue weighted by Gasteiger charge is 2.26. The van der Waals surface area contributed by atoms with Gasteiger partial charge in [-0.15, -0.1) is 0 Å². The lowest BCUT2D eigenvalue weighted by Gasteiger charge is -2.05. The minimum absolute atomic E-state index is 0.103. The zero-order chi connectivity index (χ0) is 16.2. The van der Waals surface area contributed by atoms with Gasteiger partial charge < -0.3 is 10.6 Å². The molecular formula is C17H20N4O2. The zero-order valence-electron chi connectivity index (χ0n) is 13.1. The van der Waals surface area contributed by atoms with E-state index in [4.69, 9.17) is 0 Å². The van der Waals surface area contributed by atoms with Crippen molar-refractivity contribution in [3.05, 3.63) is 47.3 Å². The van der Waals surface area contributed by atoms with Gasteiger partial charge in [0.2, 0.25) is 5.91 Å². The summed E-state index contributed by atoms with van der Waals surface area (Å²) in [5.41, 5.74) is 3.65. The summed E-state index contributed by atoms with van der Waals surface area (Å²) in [7, 11) is 0. The molecule has 23 heavy (non-hydrogen) atoms. The van der Waals surface area contributed by atoms with Gasteiger partial charge >= 0.3 is 0 Å². The smallest absolute Gasteiger partial charge is 0.272 e. The molecule has 0 saturated carbocycles. The number of nitrogens with one attached hydrogen (secondary N) is 2. The number of carbonyl (C=O) groups excluding carboxylic acids is 2. The summed E-state index contributed by atoms with van der Waals surface area (Å²) in [4.78, 5) is 23.2. The van der Waals surface area contributed by atoms with Gasteiger partial charge in [-0.1, -0.05) is 18.2 Å². The van der Waals surface area contributed by atoms with E-state index in [1.54, 1.807) is 0 Å². The van der Waals surface area contributed by atoms with Gasteiger partial charge in [-0.05, 0) is 31.4 Å². The van der Waals surface area contributed by atoms with E-state index in [1.807, 2.05) is 35.0 Å². The summed E-state index contributed by atoms with van der Waals surface area (Å²) in [6.07, 6.45) is 2.87. The monoisotopic (exact) mass is 312 g/mol. The maximum atomic E-state index is 12.4. The Balaban J connectivity index is 1.78. The van der Waals surface area contributed by atoms with Crippen molar-refractivity contribution in [3.8, 4) is 5.69 Å². The minimum atomic E-state index is -0.178. The number of carbonyl (C=O) groups is 2. The molecule has 2 amide bonds. The van der Waals surface area contributed by atoms with E-state index in [0.29, 0.717) is 18.8 Å². The Kier molecular flexibility index (Phi) is 4.41. The molecule has 1 heterocycles. The first-order chi connectivity index (χ1) is 11.2. The molecule has 0 radical (unpaired) electrons. The molecule has 1 aliphatic rings. The van der Waals surface area contributed by atoms with E-state index in [2.05, 4.69) is 15.7 Å². The van der Waals surface area contributed by atoms with Crippen LogP contribution in [0, 0.1) is 0 Å². The third-order valence-corrected chi connectivity index (χ3v) is 3.93. The Morgan fingerprint density at radius 2 is 1.87 bits per heavy atom. The van der Waals surface area contributed by atoms with Crippen molar-refractivity contribution in [2.75, 3.05) is 13.1 Å². The lowest BCUT2D eigenvalue weighted by Crippen LogP contribution is -2.34. The summed E-state index contributed by atoms with van der Waals surface area (Å²) >= 11 is 0. The molecule has 120 valence electrons. The van der Waals surface area contributed by atoms with E-state index in [-0.39, 0.29) is 11.8 Å². The van der Waals surface area contributed by atoms with Gasteiger partial charge in [-0.25, -0.2) is 4.68 Å². The van der Waals surface area contributed by atoms with Crippen LogP contribution in [-0.4, -0.2) is 34.7 Å². The molecule has 6 nitrogen and oxygen atoms in total. The first-order valence-electron chi connectivity index (χ1n) is 7.85. The van der Waals surface area contributed by atoms with Crippen molar-refractivity contribution in [1.29, 1.82) is 0 Å². The maximum absolute atomic E-state index is 12.4. The van der Waals surface area contributed by atoms with Crippen molar-refractivity contribution in [2.24, 2.45) is 0 Å². The fraction of sp³-hybridized carbons (Fsp3) is 0.353. The van der Waals surface area contributed by atoms with Crippen LogP contribution in [0.1, 0.15) is 35.1 Å². The second-order valence-corrected chi connectivity index (χ2v) is 5.61. The lowest BCUT2D eigenvalue weighted by atomic mass is 10.2. The van der Waals surface area contributed by atoms with Crippen molar-refractivity contribution in [3.63, 3.8) is 0 Å². The lowest BCUT2D eigenvalue weighted by molar-refractivity contribution is -0.118. The Bertz CT molecular complexity index is 722. The molecule has 0 aliphatic heterocycles. The molecule has 0 saturated heterocycles. The van der Waals surface area contributed by atoms with Crippen LogP contribution in [0.2, 0.25) is 0 Å². The molecule has 1 aromatic carbocycles. The third kappa shape index (κ3) is 3.26. The summed E-state index contributed by atoms with van der Waals surface area (Å²) < 4.78 is 1.88. The highest BCUT2D eigenvalue weighted by molar-refractivity contribution is 5.94. The van der Waals surface area contributed by atoms with E-state index in [1.165, 1.54) is 6.92 Å². The van der Waals surface area contributed by atoms with Crippen LogP contribution in [-0.2, 0) is 17.6 Å². The molecule has 2 N–H and O–H groups in total. The van der Waals surface area contributed by atoms with Crippen LogP contribution < -0.4 is 10.6 Å². The number of rotatable bonds is 5. The van der Waals surface area contributed by atoms with Crippen LogP contribution in [0.3, 0.4) is 0 Å². The first-order valence-corrected chi connectivity index (χ1v) is 7.85. The summed E-state index contributed by atoms with van der Waals surface area (Å²) in [5, 5.41) is 10.0. The standard InChI is InChI=1S/C17H20N4O2/c1-12(22)18-10-11-19-17(23)16-14-8-5-9-15(14)21(20-16)13-6-3-2-4-7-13/h2-4,6-7H,5,8-11H2,1H3,(H,18,22)(H,19,23). The number of hydrogen-bond acceptors (Lipinski definition) is 3. The van der Waals surface area contributed by atoms with E-state index < -0.39 is 0 Å². The Labute approximate surface area is 134 Å². The molecule has 0 unspecified atom stereocenters. The fourth-order valence-corrected chi connectivity index (χ4v) is 2.90. The average molecular weight is 312 g/mol. The van der Waals surface area contributed by atoms with Crippen LogP contribution >= 0.6 is 0 Å². The number of aromatic nitrogens is 2. The predicted molar refractivity (Wildman–Crippen MR) is 86.6 cm³/mol. The van der Waals surface area contributed by atoms with Gasteiger partial charge in [0, 0.05) is 31.3 Å². The largest absolute Gasteiger partial charge is 0.355 e. The zero-order valence-corrected chi connectivity index (χ0v) is 13.1. The fourth-order valence-electron chi connectivity index (χ4n) is 2.90. The number of benzene rings is 1. The van der Waals surface area contributed by atoms with Crippen LogP contribution in [0.15, 0.2) is 30.3 Å². The minimum Gasteiger partial charge on any atom is -0.355 e. The molecule has 0 atom stereocenters. The SMILES string of the molecule is CC(=O)NCCNC(=O)c1nn(-c2ccccc2)c2c1CCC2. The van der Waals surface area contributed by atoms with Gasteiger partial charge in [-0.3, -0.25) is 9.59 Å². The Hall–Kier alpha value is -2.63. The summed E-state index contributed by atoms with van der Waals surface area (Å²) in [6, 6.07) is 9.87. The second-order valence-electron chi connectivity index (χ2n) is 5.61. The molecule has 1 aromatic heterocycles. The first kappa shape index (κ1) is 15.3. The van der Waals surface area contributed by atoms with Gasteiger partial charge in [0.25, 0.3) is 5.91 Å². The highest BCUT2D eigenvalue weighted by atomic mass is 16.2. The average Bonchev–Trinajstić information content (AvgIpc) is 3.14. The molecule has 6 heteroatoms.